The fourth-order valence-electron chi connectivity index (χ4n) is 1.99. The molecule has 0 aliphatic heterocycles. The molecular formula is C16H10Cl3NO. The van der Waals surface area contributed by atoms with Crippen LogP contribution >= 0.6 is 34.8 Å². The van der Waals surface area contributed by atoms with Crippen LogP contribution in [-0.2, 0) is 5.88 Å². The van der Waals surface area contributed by atoms with Gasteiger partial charge in [0.15, 0.2) is 0 Å². The summed E-state index contributed by atoms with van der Waals surface area (Å²) >= 11 is 18.0. The summed E-state index contributed by atoms with van der Waals surface area (Å²) < 4.78 is 5.81. The van der Waals surface area contributed by atoms with Gasteiger partial charge in [-0.2, -0.15) is 0 Å². The number of rotatable bonds is 3. The summed E-state index contributed by atoms with van der Waals surface area (Å²) in [7, 11) is 0. The molecule has 0 unspecified atom stereocenters. The largest absolute Gasteiger partial charge is 0.437 e. The van der Waals surface area contributed by atoms with Crippen LogP contribution in [0.2, 0.25) is 10.0 Å². The summed E-state index contributed by atoms with van der Waals surface area (Å²) in [5.41, 5.74) is 1.65. The number of hydrogen-bond donors (Lipinski definition) is 0. The fourth-order valence-corrected chi connectivity index (χ4v) is 2.63. The first-order valence-electron chi connectivity index (χ1n) is 6.25. The fraction of sp³-hybridized carbons (Fsp3) is 0.0625. The van der Waals surface area contributed by atoms with Gasteiger partial charge in [0.1, 0.15) is 5.75 Å². The molecule has 0 spiro atoms. The summed E-state index contributed by atoms with van der Waals surface area (Å²) in [4.78, 5) is 4.51. The Labute approximate surface area is 137 Å². The Hall–Kier alpha value is -1.48. The van der Waals surface area contributed by atoms with Gasteiger partial charge in [0, 0.05) is 16.0 Å². The first kappa shape index (κ1) is 14.5. The molecule has 0 amide bonds. The number of alkyl halides is 1. The maximum Gasteiger partial charge on any atom is 0.224 e. The summed E-state index contributed by atoms with van der Waals surface area (Å²) in [5, 5.41) is 2.00. The Kier molecular flexibility index (Phi) is 4.20. The summed E-state index contributed by atoms with van der Waals surface area (Å²) in [6.45, 7) is 0. The van der Waals surface area contributed by atoms with E-state index in [1.807, 2.05) is 30.3 Å². The van der Waals surface area contributed by atoms with Gasteiger partial charge in [-0.15, -0.1) is 11.6 Å². The van der Waals surface area contributed by atoms with Crippen molar-refractivity contribution >= 4 is 45.7 Å². The average Bonchev–Trinajstić information content (AvgIpc) is 2.49. The zero-order valence-corrected chi connectivity index (χ0v) is 13.1. The van der Waals surface area contributed by atoms with Gasteiger partial charge in [-0.1, -0.05) is 41.4 Å². The first-order chi connectivity index (χ1) is 10.2. The van der Waals surface area contributed by atoms with Gasteiger partial charge in [0.25, 0.3) is 0 Å². The molecule has 0 saturated heterocycles. The molecular weight excluding hydrogens is 329 g/mol. The predicted octanol–water partition coefficient (Wildman–Crippen LogP) is 6.07. The molecule has 0 fully saturated rings. The normalized spacial score (nSPS) is 10.8. The standard InChI is InChI=1S/C16H10Cl3NO/c17-9-11-7-10-3-1-2-4-14(10)20-16(11)21-15-6-5-12(18)8-13(15)19/h1-8H,9H2. The lowest BCUT2D eigenvalue weighted by atomic mass is 10.2. The van der Waals surface area contributed by atoms with Crippen molar-refractivity contribution in [3.05, 3.63) is 64.1 Å². The van der Waals surface area contributed by atoms with Crippen molar-refractivity contribution in [1.29, 1.82) is 0 Å². The molecule has 3 rings (SSSR count). The van der Waals surface area contributed by atoms with Gasteiger partial charge in [-0.3, -0.25) is 0 Å². The van der Waals surface area contributed by atoms with Crippen molar-refractivity contribution in [2.45, 2.75) is 5.88 Å². The Morgan fingerprint density at radius 2 is 1.81 bits per heavy atom. The van der Waals surface area contributed by atoms with Crippen molar-refractivity contribution in [3.63, 3.8) is 0 Å². The number of benzene rings is 2. The van der Waals surface area contributed by atoms with Gasteiger partial charge in [0.05, 0.1) is 16.4 Å². The highest BCUT2D eigenvalue weighted by atomic mass is 35.5. The van der Waals surface area contributed by atoms with Crippen molar-refractivity contribution in [2.75, 3.05) is 0 Å². The van der Waals surface area contributed by atoms with E-state index in [4.69, 9.17) is 39.5 Å². The van der Waals surface area contributed by atoms with Crippen LogP contribution in [0, 0.1) is 0 Å². The molecule has 0 saturated carbocycles. The summed E-state index contributed by atoms with van der Waals surface area (Å²) in [6, 6.07) is 14.8. The highest BCUT2D eigenvalue weighted by molar-refractivity contribution is 6.35. The van der Waals surface area contributed by atoms with Crippen molar-refractivity contribution in [3.8, 4) is 11.6 Å². The first-order valence-corrected chi connectivity index (χ1v) is 7.54. The maximum absolute atomic E-state index is 6.12. The minimum atomic E-state index is 0.304. The molecule has 106 valence electrons. The van der Waals surface area contributed by atoms with Crippen molar-refractivity contribution < 1.29 is 4.74 Å². The number of fused-ring (bicyclic) bond motifs is 1. The number of nitrogens with zero attached hydrogens (tertiary/aromatic N) is 1. The topological polar surface area (TPSA) is 22.1 Å². The highest BCUT2D eigenvalue weighted by Gasteiger charge is 2.11. The molecule has 1 aromatic heterocycles. The molecule has 0 atom stereocenters. The second-order valence-electron chi connectivity index (χ2n) is 4.46. The number of pyridine rings is 1. The monoisotopic (exact) mass is 337 g/mol. The van der Waals surface area contributed by atoms with Gasteiger partial charge in [-0.25, -0.2) is 4.98 Å². The van der Waals surface area contributed by atoms with E-state index >= 15 is 0 Å². The quantitative estimate of drug-likeness (QED) is 0.540. The Morgan fingerprint density at radius 3 is 2.57 bits per heavy atom. The highest BCUT2D eigenvalue weighted by Crippen LogP contribution is 2.33. The number of para-hydroxylation sites is 1. The van der Waals surface area contributed by atoms with Gasteiger partial charge in [0.2, 0.25) is 5.88 Å². The van der Waals surface area contributed by atoms with Crippen molar-refractivity contribution in [1.82, 2.24) is 4.98 Å². The molecule has 2 nitrogen and oxygen atoms in total. The van der Waals surface area contributed by atoms with Crippen LogP contribution in [0.3, 0.4) is 0 Å². The molecule has 2 aromatic carbocycles. The van der Waals surface area contributed by atoms with E-state index in [1.54, 1.807) is 18.2 Å². The van der Waals surface area contributed by atoms with Crippen LogP contribution in [0.25, 0.3) is 10.9 Å². The molecule has 0 radical (unpaired) electrons. The number of aromatic nitrogens is 1. The lowest BCUT2D eigenvalue weighted by Gasteiger charge is -2.11. The third-order valence-electron chi connectivity index (χ3n) is 3.01. The van der Waals surface area contributed by atoms with E-state index in [-0.39, 0.29) is 0 Å². The number of ether oxygens (including phenoxy) is 1. The summed E-state index contributed by atoms with van der Waals surface area (Å²) in [5.74, 6) is 1.25. The number of halogens is 3. The summed E-state index contributed by atoms with van der Waals surface area (Å²) in [6.07, 6.45) is 0. The van der Waals surface area contributed by atoms with E-state index in [2.05, 4.69) is 4.98 Å². The Morgan fingerprint density at radius 1 is 1.00 bits per heavy atom. The Balaban J connectivity index is 2.06. The minimum Gasteiger partial charge on any atom is -0.437 e. The van der Waals surface area contributed by atoms with Crippen LogP contribution in [0.5, 0.6) is 11.6 Å². The van der Waals surface area contributed by atoms with Crippen LogP contribution in [0.4, 0.5) is 0 Å². The molecule has 0 bridgehead atoms. The van der Waals surface area contributed by atoms with Crippen LogP contribution in [0.15, 0.2) is 48.5 Å². The van der Waals surface area contributed by atoms with Gasteiger partial charge >= 0.3 is 0 Å². The van der Waals surface area contributed by atoms with E-state index in [1.165, 1.54) is 0 Å². The third-order valence-corrected chi connectivity index (χ3v) is 3.83. The zero-order valence-electron chi connectivity index (χ0n) is 10.8. The van der Waals surface area contributed by atoms with E-state index in [0.29, 0.717) is 27.6 Å². The molecule has 21 heavy (non-hydrogen) atoms. The van der Waals surface area contributed by atoms with E-state index in [9.17, 15) is 0 Å². The third kappa shape index (κ3) is 3.08. The Bertz CT molecular complexity index is 805. The molecule has 3 aromatic rings. The van der Waals surface area contributed by atoms with Crippen LogP contribution in [-0.4, -0.2) is 4.98 Å². The lowest BCUT2D eigenvalue weighted by molar-refractivity contribution is 0.461. The van der Waals surface area contributed by atoms with Crippen LogP contribution < -0.4 is 4.74 Å². The molecule has 0 aliphatic rings. The van der Waals surface area contributed by atoms with Gasteiger partial charge in [-0.05, 0) is 30.3 Å². The lowest BCUT2D eigenvalue weighted by Crippen LogP contribution is -1.95. The maximum atomic E-state index is 6.12. The smallest absolute Gasteiger partial charge is 0.224 e. The van der Waals surface area contributed by atoms with Gasteiger partial charge < -0.3 is 4.74 Å². The second-order valence-corrected chi connectivity index (χ2v) is 5.57. The average molecular weight is 339 g/mol. The molecule has 0 N–H and O–H groups in total. The predicted molar refractivity (Wildman–Crippen MR) is 87.8 cm³/mol. The van der Waals surface area contributed by atoms with Crippen molar-refractivity contribution in [2.24, 2.45) is 0 Å². The minimum absolute atomic E-state index is 0.304. The molecule has 0 aliphatic carbocycles. The zero-order chi connectivity index (χ0) is 14.8. The van der Waals surface area contributed by atoms with E-state index in [0.717, 1.165) is 16.5 Å². The SMILES string of the molecule is ClCc1cc2ccccc2nc1Oc1ccc(Cl)cc1Cl. The van der Waals surface area contributed by atoms with Crippen LogP contribution in [0.1, 0.15) is 5.56 Å². The van der Waals surface area contributed by atoms with E-state index < -0.39 is 0 Å². The second kappa shape index (κ2) is 6.10. The number of hydrogen-bond acceptors (Lipinski definition) is 2. The molecule has 5 heteroatoms. The molecule has 1 heterocycles.